The van der Waals surface area contributed by atoms with Crippen molar-refractivity contribution in [1.29, 1.82) is 5.26 Å². The van der Waals surface area contributed by atoms with E-state index in [1.165, 1.54) is 16.2 Å². The minimum Gasteiger partial charge on any atom is -0.479 e. The lowest BCUT2D eigenvalue weighted by Gasteiger charge is -2.20. The Kier molecular flexibility index (Phi) is 6.08. The van der Waals surface area contributed by atoms with Gasteiger partial charge in [-0.05, 0) is 62.3 Å². The Labute approximate surface area is 169 Å². The van der Waals surface area contributed by atoms with Crippen LogP contribution in [0.15, 0.2) is 18.2 Å². The summed E-state index contributed by atoms with van der Waals surface area (Å²) in [7, 11) is 0. The standard InChI is InChI=1S/C21H23ClN2O2S/c1-4-14-6-7-15-16(11-23)21(27-19(15)10-14)24-20(25)13(3)26-18-9-12(2)5-8-17(18)22/h5,8-9,13-14H,4,6-7,10H2,1-3H3,(H,24,25). The second-order valence-electron chi connectivity index (χ2n) is 7.02. The number of benzene rings is 1. The lowest BCUT2D eigenvalue weighted by molar-refractivity contribution is -0.122. The monoisotopic (exact) mass is 402 g/mol. The fraction of sp³-hybridized carbons (Fsp3) is 0.429. The minimum atomic E-state index is -0.724. The predicted molar refractivity (Wildman–Crippen MR) is 110 cm³/mol. The molecule has 27 heavy (non-hydrogen) atoms. The molecule has 1 N–H and O–H groups in total. The molecule has 1 aromatic carbocycles. The van der Waals surface area contributed by atoms with Crippen LogP contribution >= 0.6 is 22.9 Å². The lowest BCUT2D eigenvalue weighted by Crippen LogP contribution is -2.30. The first-order chi connectivity index (χ1) is 12.9. The number of aryl methyl sites for hydroxylation is 1. The molecule has 0 aliphatic heterocycles. The summed E-state index contributed by atoms with van der Waals surface area (Å²) in [6, 6.07) is 7.73. The maximum Gasteiger partial charge on any atom is 0.265 e. The van der Waals surface area contributed by atoms with Gasteiger partial charge in [0.1, 0.15) is 16.8 Å². The number of ether oxygens (including phenoxy) is 1. The molecule has 0 saturated heterocycles. The highest BCUT2D eigenvalue weighted by Crippen LogP contribution is 2.40. The molecule has 1 amide bonds. The number of nitrogens with one attached hydrogen (secondary N) is 1. The highest BCUT2D eigenvalue weighted by Gasteiger charge is 2.27. The van der Waals surface area contributed by atoms with E-state index in [-0.39, 0.29) is 5.91 Å². The predicted octanol–water partition coefficient (Wildman–Crippen LogP) is 5.50. The number of nitriles is 1. The smallest absolute Gasteiger partial charge is 0.265 e. The van der Waals surface area contributed by atoms with E-state index in [2.05, 4.69) is 18.3 Å². The molecule has 4 nitrogen and oxygen atoms in total. The van der Waals surface area contributed by atoms with Crippen molar-refractivity contribution in [2.45, 2.75) is 52.6 Å². The highest BCUT2D eigenvalue weighted by molar-refractivity contribution is 7.16. The Balaban J connectivity index is 1.75. The molecule has 0 spiro atoms. The summed E-state index contributed by atoms with van der Waals surface area (Å²) < 4.78 is 5.75. The van der Waals surface area contributed by atoms with Gasteiger partial charge in [0.15, 0.2) is 6.10 Å². The van der Waals surface area contributed by atoms with Crippen molar-refractivity contribution in [3.8, 4) is 11.8 Å². The van der Waals surface area contributed by atoms with Gasteiger partial charge in [0.25, 0.3) is 5.91 Å². The van der Waals surface area contributed by atoms with Crippen LogP contribution < -0.4 is 10.1 Å². The number of halogens is 1. The fourth-order valence-electron chi connectivity index (χ4n) is 3.37. The molecule has 142 valence electrons. The molecule has 6 heteroatoms. The molecule has 0 saturated carbocycles. The van der Waals surface area contributed by atoms with Crippen LogP contribution in [0.4, 0.5) is 5.00 Å². The van der Waals surface area contributed by atoms with Crippen molar-refractivity contribution in [1.82, 2.24) is 0 Å². The van der Waals surface area contributed by atoms with Crippen molar-refractivity contribution >= 4 is 33.8 Å². The first-order valence-electron chi connectivity index (χ1n) is 9.21. The first kappa shape index (κ1) is 19.7. The third kappa shape index (κ3) is 4.28. The molecule has 2 aromatic rings. The van der Waals surface area contributed by atoms with E-state index in [9.17, 15) is 10.1 Å². The summed E-state index contributed by atoms with van der Waals surface area (Å²) in [5.74, 6) is 0.864. The molecule has 2 atom stereocenters. The molecule has 0 fully saturated rings. The van der Waals surface area contributed by atoms with Gasteiger partial charge in [-0.1, -0.05) is 31.0 Å². The number of anilines is 1. The third-order valence-electron chi connectivity index (χ3n) is 5.05. The van der Waals surface area contributed by atoms with Crippen LogP contribution in [0.25, 0.3) is 0 Å². The highest BCUT2D eigenvalue weighted by atomic mass is 35.5. The maximum absolute atomic E-state index is 12.6. The van der Waals surface area contributed by atoms with E-state index in [1.54, 1.807) is 13.0 Å². The Morgan fingerprint density at radius 2 is 2.30 bits per heavy atom. The van der Waals surface area contributed by atoms with Gasteiger partial charge in [-0.15, -0.1) is 11.3 Å². The topological polar surface area (TPSA) is 62.1 Å². The number of nitrogens with zero attached hydrogens (tertiary/aromatic N) is 1. The number of hydrogen-bond donors (Lipinski definition) is 1. The molecule has 2 unspecified atom stereocenters. The Bertz CT molecular complexity index is 900. The Morgan fingerprint density at radius 1 is 1.52 bits per heavy atom. The van der Waals surface area contributed by atoms with Crippen molar-refractivity contribution in [2.24, 2.45) is 5.92 Å². The van der Waals surface area contributed by atoms with Crippen LogP contribution in [0.2, 0.25) is 5.02 Å². The van der Waals surface area contributed by atoms with Crippen LogP contribution in [0.1, 0.15) is 48.3 Å². The minimum absolute atomic E-state index is 0.283. The van der Waals surface area contributed by atoms with E-state index in [0.29, 0.717) is 27.3 Å². The largest absolute Gasteiger partial charge is 0.479 e. The summed E-state index contributed by atoms with van der Waals surface area (Å²) in [6.45, 7) is 5.82. The maximum atomic E-state index is 12.6. The van der Waals surface area contributed by atoms with E-state index in [1.807, 2.05) is 19.1 Å². The number of carbonyl (C=O) groups is 1. The number of carbonyl (C=O) groups excluding carboxylic acids is 1. The molecule has 1 aliphatic carbocycles. The second kappa shape index (κ2) is 8.33. The summed E-state index contributed by atoms with van der Waals surface area (Å²) >= 11 is 7.68. The van der Waals surface area contributed by atoms with Crippen molar-refractivity contribution < 1.29 is 9.53 Å². The third-order valence-corrected chi connectivity index (χ3v) is 6.53. The quantitative estimate of drug-likeness (QED) is 0.717. The lowest BCUT2D eigenvalue weighted by atomic mass is 9.86. The average molecular weight is 403 g/mol. The molecular formula is C21H23ClN2O2S. The van der Waals surface area contributed by atoms with Crippen LogP contribution in [0.3, 0.4) is 0 Å². The summed E-state index contributed by atoms with van der Waals surface area (Å²) in [4.78, 5) is 13.9. The van der Waals surface area contributed by atoms with Gasteiger partial charge in [0.05, 0.1) is 10.6 Å². The summed E-state index contributed by atoms with van der Waals surface area (Å²) in [6.07, 6.45) is 3.43. The van der Waals surface area contributed by atoms with Crippen molar-refractivity contribution in [2.75, 3.05) is 5.32 Å². The first-order valence-corrected chi connectivity index (χ1v) is 10.4. The summed E-state index contributed by atoms with van der Waals surface area (Å²) in [5.41, 5.74) is 2.72. The van der Waals surface area contributed by atoms with Crippen molar-refractivity contribution in [3.05, 3.63) is 44.8 Å². The zero-order valence-electron chi connectivity index (χ0n) is 15.8. The summed E-state index contributed by atoms with van der Waals surface area (Å²) in [5, 5.41) is 13.6. The van der Waals surface area contributed by atoms with Gasteiger partial charge < -0.3 is 10.1 Å². The molecule has 0 radical (unpaired) electrons. The van der Waals surface area contributed by atoms with E-state index < -0.39 is 6.10 Å². The van der Waals surface area contributed by atoms with Crippen molar-refractivity contribution in [3.63, 3.8) is 0 Å². The molecular weight excluding hydrogens is 380 g/mol. The number of fused-ring (bicyclic) bond motifs is 1. The van der Waals surface area contributed by atoms with E-state index in [0.717, 1.165) is 36.8 Å². The number of thiophene rings is 1. The number of amides is 1. The van der Waals surface area contributed by atoms with Gasteiger partial charge in [-0.2, -0.15) is 5.26 Å². The van der Waals surface area contributed by atoms with Gasteiger partial charge in [0, 0.05) is 4.88 Å². The Morgan fingerprint density at radius 3 is 3.00 bits per heavy atom. The zero-order chi connectivity index (χ0) is 19.6. The molecule has 3 rings (SSSR count). The van der Waals surface area contributed by atoms with Gasteiger partial charge in [-0.25, -0.2) is 0 Å². The normalized spacial score (nSPS) is 16.9. The second-order valence-corrected chi connectivity index (χ2v) is 8.53. The van der Waals surface area contributed by atoms with Gasteiger partial charge >= 0.3 is 0 Å². The van der Waals surface area contributed by atoms with Gasteiger partial charge in [-0.3, -0.25) is 4.79 Å². The molecule has 1 aromatic heterocycles. The fourth-order valence-corrected chi connectivity index (χ4v) is 4.84. The zero-order valence-corrected chi connectivity index (χ0v) is 17.3. The van der Waals surface area contributed by atoms with E-state index in [4.69, 9.17) is 16.3 Å². The molecule has 1 heterocycles. The average Bonchev–Trinajstić information content (AvgIpc) is 3.00. The SMILES string of the molecule is CCC1CCc2c(sc(NC(=O)C(C)Oc3cc(C)ccc3Cl)c2C#N)C1. The van der Waals surface area contributed by atoms with Crippen LogP contribution in [0.5, 0.6) is 5.75 Å². The molecule has 1 aliphatic rings. The van der Waals surface area contributed by atoms with Gasteiger partial charge in [0.2, 0.25) is 0 Å². The van der Waals surface area contributed by atoms with E-state index >= 15 is 0 Å². The number of hydrogen-bond acceptors (Lipinski definition) is 4. The van der Waals surface area contributed by atoms with Crippen LogP contribution in [0, 0.1) is 24.2 Å². The number of rotatable bonds is 5. The molecule has 0 bridgehead atoms. The van der Waals surface area contributed by atoms with Crippen LogP contribution in [-0.4, -0.2) is 12.0 Å². The van der Waals surface area contributed by atoms with Crippen LogP contribution in [-0.2, 0) is 17.6 Å². The Hall–Kier alpha value is -2.03.